The molecule has 3 rings (SSSR count). The Morgan fingerprint density at radius 2 is 1.95 bits per heavy atom. The van der Waals surface area contributed by atoms with E-state index in [0.717, 1.165) is 17.5 Å². The van der Waals surface area contributed by atoms with Crippen LogP contribution >= 0.6 is 0 Å². The molecule has 0 fully saturated rings. The number of pyridine rings is 1. The van der Waals surface area contributed by atoms with Gasteiger partial charge in [0.25, 0.3) is 0 Å². The van der Waals surface area contributed by atoms with Gasteiger partial charge < -0.3 is 9.67 Å². The molecule has 0 aliphatic carbocycles. The van der Waals surface area contributed by atoms with Gasteiger partial charge in [0.05, 0.1) is 0 Å². The summed E-state index contributed by atoms with van der Waals surface area (Å²) in [4.78, 5) is 15.7. The fourth-order valence-corrected chi connectivity index (χ4v) is 2.38. The summed E-state index contributed by atoms with van der Waals surface area (Å²) in [7, 11) is 0. The summed E-state index contributed by atoms with van der Waals surface area (Å²) in [6.07, 6.45) is 2.47. The number of hydrogen-bond acceptors (Lipinski definition) is 2. The Morgan fingerprint density at radius 3 is 2.70 bits per heavy atom. The third kappa shape index (κ3) is 2.28. The van der Waals surface area contributed by atoms with Gasteiger partial charge in [-0.05, 0) is 30.2 Å². The van der Waals surface area contributed by atoms with Crippen molar-refractivity contribution in [3.63, 3.8) is 0 Å². The summed E-state index contributed by atoms with van der Waals surface area (Å²) in [5.41, 5.74) is 2.19. The Kier molecular flexibility index (Phi) is 3.21. The lowest BCUT2D eigenvalue weighted by molar-refractivity contribution is 0.0685. The summed E-state index contributed by atoms with van der Waals surface area (Å²) in [5, 5.41) is 10.2. The molecule has 1 aromatic carbocycles. The lowest BCUT2D eigenvalue weighted by Crippen LogP contribution is -2.10. The van der Waals surface area contributed by atoms with Crippen LogP contribution in [0.25, 0.3) is 11.0 Å². The van der Waals surface area contributed by atoms with Crippen LogP contribution in [0.1, 0.15) is 16.1 Å². The van der Waals surface area contributed by atoms with E-state index >= 15 is 0 Å². The van der Waals surface area contributed by atoms with Crippen LogP contribution in [0.2, 0.25) is 0 Å². The highest BCUT2D eigenvalue weighted by Gasteiger charge is 2.14. The summed E-state index contributed by atoms with van der Waals surface area (Å²) in [5.74, 6) is -0.920. The van der Waals surface area contributed by atoms with Crippen LogP contribution in [0.15, 0.2) is 54.7 Å². The first-order chi connectivity index (χ1) is 9.75. The maximum Gasteiger partial charge on any atom is 0.352 e. The molecular weight excluding hydrogens is 252 g/mol. The quantitative estimate of drug-likeness (QED) is 0.789. The molecule has 0 aliphatic heterocycles. The van der Waals surface area contributed by atoms with Gasteiger partial charge in [0.2, 0.25) is 0 Å². The van der Waals surface area contributed by atoms with Crippen molar-refractivity contribution in [1.82, 2.24) is 9.55 Å². The molecule has 1 N–H and O–H groups in total. The number of fused-ring (bicyclic) bond motifs is 1. The first-order valence-corrected chi connectivity index (χ1v) is 6.47. The highest BCUT2D eigenvalue weighted by Crippen LogP contribution is 2.18. The largest absolute Gasteiger partial charge is 0.477 e. The molecule has 4 heteroatoms. The van der Waals surface area contributed by atoms with Gasteiger partial charge in [-0.1, -0.05) is 30.3 Å². The van der Waals surface area contributed by atoms with Crippen LogP contribution in [0.5, 0.6) is 0 Å². The molecule has 2 heterocycles. The number of aromatic carboxylic acids is 1. The molecule has 4 nitrogen and oxygen atoms in total. The van der Waals surface area contributed by atoms with Crippen molar-refractivity contribution in [2.75, 3.05) is 0 Å². The molecular formula is C16H14N2O2. The number of carboxylic acid groups (broad SMARTS) is 1. The molecule has 100 valence electrons. The Bertz CT molecular complexity index is 748. The summed E-state index contributed by atoms with van der Waals surface area (Å²) >= 11 is 0. The molecule has 0 bridgehead atoms. The van der Waals surface area contributed by atoms with Crippen LogP contribution in [0, 0.1) is 0 Å². The highest BCUT2D eigenvalue weighted by atomic mass is 16.4. The molecule has 0 atom stereocenters. The van der Waals surface area contributed by atoms with E-state index in [9.17, 15) is 9.90 Å². The van der Waals surface area contributed by atoms with E-state index in [1.807, 2.05) is 42.5 Å². The predicted octanol–water partition coefficient (Wildman–Crippen LogP) is 2.98. The molecule has 0 saturated carbocycles. The van der Waals surface area contributed by atoms with E-state index < -0.39 is 5.97 Å². The molecule has 0 unspecified atom stereocenters. The van der Waals surface area contributed by atoms with Gasteiger partial charge in [0, 0.05) is 18.1 Å². The normalized spacial score (nSPS) is 10.8. The molecule has 20 heavy (non-hydrogen) atoms. The van der Waals surface area contributed by atoms with Crippen LogP contribution in [0.3, 0.4) is 0 Å². The van der Waals surface area contributed by atoms with Gasteiger partial charge in [-0.15, -0.1) is 0 Å². The number of carbonyl (C=O) groups is 1. The van der Waals surface area contributed by atoms with Gasteiger partial charge in [0.15, 0.2) is 0 Å². The molecule has 0 aliphatic rings. The van der Waals surface area contributed by atoms with Gasteiger partial charge in [-0.2, -0.15) is 0 Å². The van der Waals surface area contributed by atoms with Crippen molar-refractivity contribution in [2.45, 2.75) is 13.0 Å². The maximum atomic E-state index is 11.4. The van der Waals surface area contributed by atoms with Gasteiger partial charge in [-0.25, -0.2) is 9.78 Å². The SMILES string of the molecule is O=C(O)c1cc2cccnc2n1CCc1ccccc1. The summed E-state index contributed by atoms with van der Waals surface area (Å²) < 4.78 is 1.77. The smallest absolute Gasteiger partial charge is 0.352 e. The fraction of sp³-hybridized carbons (Fsp3) is 0.125. The standard InChI is InChI=1S/C16H14N2O2/c19-16(20)14-11-13-7-4-9-17-15(13)18(14)10-8-12-5-2-1-3-6-12/h1-7,9,11H,8,10H2,(H,19,20). The van der Waals surface area contributed by atoms with Crippen molar-refractivity contribution < 1.29 is 9.90 Å². The molecule has 2 aromatic heterocycles. The maximum absolute atomic E-state index is 11.4. The monoisotopic (exact) mass is 266 g/mol. The zero-order valence-corrected chi connectivity index (χ0v) is 10.9. The average Bonchev–Trinajstić information content (AvgIpc) is 2.85. The third-order valence-corrected chi connectivity index (χ3v) is 3.34. The zero-order chi connectivity index (χ0) is 13.9. The third-order valence-electron chi connectivity index (χ3n) is 3.34. The van der Waals surface area contributed by atoms with E-state index in [4.69, 9.17) is 0 Å². The first kappa shape index (κ1) is 12.4. The zero-order valence-electron chi connectivity index (χ0n) is 10.9. The van der Waals surface area contributed by atoms with E-state index in [0.29, 0.717) is 6.54 Å². The minimum absolute atomic E-state index is 0.287. The molecule has 0 amide bonds. The van der Waals surface area contributed by atoms with Crippen molar-refractivity contribution >= 4 is 17.0 Å². The van der Waals surface area contributed by atoms with Crippen LogP contribution in [0.4, 0.5) is 0 Å². The van der Waals surface area contributed by atoms with Crippen molar-refractivity contribution in [3.8, 4) is 0 Å². The van der Waals surface area contributed by atoms with Crippen LogP contribution in [-0.4, -0.2) is 20.6 Å². The van der Waals surface area contributed by atoms with Gasteiger partial charge >= 0.3 is 5.97 Å². The lowest BCUT2D eigenvalue weighted by atomic mass is 10.1. The molecule has 0 saturated heterocycles. The summed E-state index contributed by atoms with van der Waals surface area (Å²) in [6, 6.07) is 15.4. The van der Waals surface area contributed by atoms with Gasteiger partial charge in [0.1, 0.15) is 11.3 Å². The second kappa shape index (κ2) is 5.17. The second-order valence-corrected chi connectivity index (χ2v) is 4.64. The second-order valence-electron chi connectivity index (χ2n) is 4.64. The number of hydrogen-bond donors (Lipinski definition) is 1. The lowest BCUT2D eigenvalue weighted by Gasteiger charge is -2.07. The number of rotatable bonds is 4. The Labute approximate surface area is 116 Å². The van der Waals surface area contributed by atoms with Crippen molar-refractivity contribution in [3.05, 3.63) is 66.0 Å². The molecule has 3 aromatic rings. The highest BCUT2D eigenvalue weighted by molar-refractivity contribution is 5.93. The Balaban J connectivity index is 1.97. The fourth-order valence-electron chi connectivity index (χ4n) is 2.38. The number of carboxylic acids is 1. The van der Waals surface area contributed by atoms with Crippen molar-refractivity contribution in [1.29, 1.82) is 0 Å². The number of nitrogens with zero attached hydrogens (tertiary/aromatic N) is 2. The molecule has 0 spiro atoms. The number of benzene rings is 1. The minimum Gasteiger partial charge on any atom is -0.477 e. The first-order valence-electron chi connectivity index (χ1n) is 6.47. The summed E-state index contributed by atoms with van der Waals surface area (Å²) in [6.45, 7) is 0.603. The number of aryl methyl sites for hydroxylation is 2. The average molecular weight is 266 g/mol. The minimum atomic E-state index is -0.920. The van der Waals surface area contributed by atoms with E-state index in [2.05, 4.69) is 4.98 Å². The number of aromatic nitrogens is 2. The Morgan fingerprint density at radius 1 is 1.15 bits per heavy atom. The predicted molar refractivity (Wildman–Crippen MR) is 76.8 cm³/mol. The molecule has 0 radical (unpaired) electrons. The Hall–Kier alpha value is -2.62. The van der Waals surface area contributed by atoms with Crippen molar-refractivity contribution in [2.24, 2.45) is 0 Å². The van der Waals surface area contributed by atoms with Crippen LogP contribution < -0.4 is 0 Å². The van der Waals surface area contributed by atoms with E-state index in [1.165, 1.54) is 5.56 Å². The van der Waals surface area contributed by atoms with E-state index in [-0.39, 0.29) is 5.69 Å². The topological polar surface area (TPSA) is 55.1 Å². The van der Waals surface area contributed by atoms with Crippen LogP contribution in [-0.2, 0) is 13.0 Å². The van der Waals surface area contributed by atoms with Gasteiger partial charge in [-0.3, -0.25) is 0 Å². The van der Waals surface area contributed by atoms with E-state index in [1.54, 1.807) is 16.8 Å².